The Morgan fingerprint density at radius 1 is 0.857 bits per heavy atom. The Bertz CT molecular complexity index is 686. The van der Waals surface area contributed by atoms with Crippen molar-refractivity contribution in [1.82, 2.24) is 10.9 Å². The smallest absolute Gasteiger partial charge is 0.269 e. The predicted octanol–water partition coefficient (Wildman–Crippen LogP) is 1.83. The molecule has 108 valence electrons. The molecular formula is C14H11ClN2O4. The maximum absolute atomic E-state index is 11.8. The van der Waals surface area contributed by atoms with Crippen LogP contribution in [-0.4, -0.2) is 22.0 Å². The van der Waals surface area contributed by atoms with Crippen molar-refractivity contribution in [3.63, 3.8) is 0 Å². The Balaban J connectivity index is 1.98. The molecule has 4 N–H and O–H groups in total. The van der Waals surface area contributed by atoms with Gasteiger partial charge in [-0.25, -0.2) is 0 Å². The highest BCUT2D eigenvalue weighted by atomic mass is 35.5. The third-order valence-electron chi connectivity index (χ3n) is 2.63. The highest BCUT2D eigenvalue weighted by Gasteiger charge is 2.10. The number of benzene rings is 2. The summed E-state index contributed by atoms with van der Waals surface area (Å²) in [5.41, 5.74) is 4.90. The van der Waals surface area contributed by atoms with Gasteiger partial charge in [0.05, 0.1) is 5.02 Å². The second-order valence-electron chi connectivity index (χ2n) is 4.12. The lowest BCUT2D eigenvalue weighted by Crippen LogP contribution is -2.41. The molecule has 2 aromatic carbocycles. The lowest BCUT2D eigenvalue weighted by Gasteiger charge is -2.08. The fourth-order valence-corrected chi connectivity index (χ4v) is 1.70. The maximum atomic E-state index is 11.8. The summed E-state index contributed by atoms with van der Waals surface area (Å²) in [6.45, 7) is 0. The van der Waals surface area contributed by atoms with Crippen molar-refractivity contribution < 1.29 is 19.8 Å². The third kappa shape index (κ3) is 3.64. The van der Waals surface area contributed by atoms with Gasteiger partial charge in [-0.2, -0.15) is 0 Å². The fraction of sp³-hybridized carbons (Fsp3) is 0. The number of nitrogens with one attached hydrogen (secondary N) is 2. The molecule has 2 rings (SSSR count). The number of phenols is 2. The summed E-state index contributed by atoms with van der Waals surface area (Å²) in [6.07, 6.45) is 0. The summed E-state index contributed by atoms with van der Waals surface area (Å²) in [5, 5.41) is 18.4. The van der Waals surface area contributed by atoms with Crippen LogP contribution >= 0.6 is 11.6 Å². The molecule has 21 heavy (non-hydrogen) atoms. The highest BCUT2D eigenvalue weighted by Crippen LogP contribution is 2.23. The van der Waals surface area contributed by atoms with E-state index in [1.54, 1.807) is 0 Å². The van der Waals surface area contributed by atoms with Crippen molar-refractivity contribution in [2.24, 2.45) is 0 Å². The molecule has 0 unspecified atom stereocenters. The second-order valence-corrected chi connectivity index (χ2v) is 4.53. The zero-order valence-corrected chi connectivity index (χ0v) is 11.4. The molecule has 0 aliphatic carbocycles. The summed E-state index contributed by atoms with van der Waals surface area (Å²) in [7, 11) is 0. The fourth-order valence-electron chi connectivity index (χ4n) is 1.52. The number of hydrogen-bond donors (Lipinski definition) is 4. The van der Waals surface area contributed by atoms with E-state index in [0.717, 1.165) is 0 Å². The number of halogens is 1. The SMILES string of the molecule is O=C(NNC(=O)c1ccc(O)c(Cl)c1)c1ccc(O)cc1. The number of carbonyl (C=O) groups is 2. The Kier molecular flexibility index (Phi) is 4.30. The minimum Gasteiger partial charge on any atom is -0.508 e. The molecule has 6 nitrogen and oxygen atoms in total. The molecular weight excluding hydrogens is 296 g/mol. The summed E-state index contributed by atoms with van der Waals surface area (Å²) < 4.78 is 0. The van der Waals surface area contributed by atoms with Crippen LogP contribution in [0.2, 0.25) is 5.02 Å². The van der Waals surface area contributed by atoms with Crippen LogP contribution in [0.25, 0.3) is 0 Å². The minimum atomic E-state index is -0.580. The van der Waals surface area contributed by atoms with Gasteiger partial charge in [-0.3, -0.25) is 20.4 Å². The first kappa shape index (κ1) is 14.7. The van der Waals surface area contributed by atoms with Gasteiger partial charge in [0.1, 0.15) is 11.5 Å². The molecule has 0 aliphatic heterocycles. The number of aromatic hydroxyl groups is 2. The Morgan fingerprint density at radius 2 is 1.38 bits per heavy atom. The molecule has 0 aromatic heterocycles. The molecule has 0 saturated heterocycles. The topological polar surface area (TPSA) is 98.7 Å². The van der Waals surface area contributed by atoms with Crippen molar-refractivity contribution in [1.29, 1.82) is 0 Å². The lowest BCUT2D eigenvalue weighted by molar-refractivity contribution is 0.0846. The van der Waals surface area contributed by atoms with Crippen LogP contribution in [0.4, 0.5) is 0 Å². The molecule has 2 amide bonds. The Labute approximate surface area is 125 Å². The molecule has 0 aliphatic rings. The molecule has 0 radical (unpaired) electrons. The largest absolute Gasteiger partial charge is 0.508 e. The summed E-state index contributed by atoms with van der Waals surface area (Å²) >= 11 is 5.69. The maximum Gasteiger partial charge on any atom is 0.269 e. The van der Waals surface area contributed by atoms with Gasteiger partial charge in [-0.05, 0) is 42.5 Å². The van der Waals surface area contributed by atoms with Crippen molar-refractivity contribution in [2.45, 2.75) is 0 Å². The van der Waals surface area contributed by atoms with Gasteiger partial charge in [-0.15, -0.1) is 0 Å². The average molecular weight is 307 g/mol. The van der Waals surface area contributed by atoms with E-state index in [2.05, 4.69) is 10.9 Å². The van der Waals surface area contributed by atoms with E-state index in [4.69, 9.17) is 16.7 Å². The van der Waals surface area contributed by atoms with Crippen LogP contribution in [0, 0.1) is 0 Å². The molecule has 0 spiro atoms. The van der Waals surface area contributed by atoms with Crippen molar-refractivity contribution in [3.05, 3.63) is 58.6 Å². The van der Waals surface area contributed by atoms with Crippen LogP contribution in [-0.2, 0) is 0 Å². The van der Waals surface area contributed by atoms with Crippen LogP contribution in [0.1, 0.15) is 20.7 Å². The van der Waals surface area contributed by atoms with E-state index in [1.165, 1.54) is 42.5 Å². The number of phenolic OH excluding ortho intramolecular Hbond substituents is 2. The van der Waals surface area contributed by atoms with E-state index in [9.17, 15) is 14.7 Å². The van der Waals surface area contributed by atoms with Crippen LogP contribution < -0.4 is 10.9 Å². The number of amides is 2. The van der Waals surface area contributed by atoms with Crippen molar-refractivity contribution in [2.75, 3.05) is 0 Å². The van der Waals surface area contributed by atoms with E-state index >= 15 is 0 Å². The number of carbonyl (C=O) groups excluding carboxylic acids is 2. The van der Waals surface area contributed by atoms with Crippen molar-refractivity contribution in [3.8, 4) is 11.5 Å². The third-order valence-corrected chi connectivity index (χ3v) is 2.93. The molecule has 0 bridgehead atoms. The monoisotopic (exact) mass is 306 g/mol. The van der Waals surface area contributed by atoms with Crippen LogP contribution in [0.5, 0.6) is 11.5 Å². The molecule has 2 aromatic rings. The van der Waals surface area contributed by atoms with Gasteiger partial charge in [0, 0.05) is 11.1 Å². The van der Waals surface area contributed by atoms with Crippen molar-refractivity contribution >= 4 is 23.4 Å². The van der Waals surface area contributed by atoms with E-state index in [0.29, 0.717) is 0 Å². The number of hydrogen-bond acceptors (Lipinski definition) is 4. The van der Waals surface area contributed by atoms with Crippen LogP contribution in [0.3, 0.4) is 0 Å². The van der Waals surface area contributed by atoms with Gasteiger partial charge < -0.3 is 10.2 Å². The van der Waals surface area contributed by atoms with Gasteiger partial charge in [-0.1, -0.05) is 11.6 Å². The van der Waals surface area contributed by atoms with E-state index in [1.807, 2.05) is 0 Å². The summed E-state index contributed by atoms with van der Waals surface area (Å²) in [4.78, 5) is 23.5. The van der Waals surface area contributed by atoms with Gasteiger partial charge in [0.15, 0.2) is 0 Å². The molecule has 0 saturated carbocycles. The Hall–Kier alpha value is -2.73. The number of hydrazine groups is 1. The van der Waals surface area contributed by atoms with E-state index < -0.39 is 11.8 Å². The molecule has 0 heterocycles. The molecule has 0 atom stereocenters. The summed E-state index contributed by atoms with van der Waals surface area (Å²) in [6, 6.07) is 9.46. The first-order chi connectivity index (χ1) is 9.97. The standard InChI is InChI=1S/C14H11ClN2O4/c15-11-7-9(3-6-12(11)19)14(21)17-16-13(20)8-1-4-10(18)5-2-8/h1-7,18-19H,(H,16,20)(H,17,21). The van der Waals surface area contributed by atoms with Gasteiger partial charge in [0.25, 0.3) is 11.8 Å². The quantitative estimate of drug-likeness (QED) is 0.636. The van der Waals surface area contributed by atoms with Gasteiger partial charge >= 0.3 is 0 Å². The first-order valence-corrected chi connectivity index (χ1v) is 6.23. The first-order valence-electron chi connectivity index (χ1n) is 5.85. The number of rotatable bonds is 2. The summed E-state index contributed by atoms with van der Waals surface area (Å²) in [5.74, 6) is -1.21. The van der Waals surface area contributed by atoms with E-state index in [-0.39, 0.29) is 27.6 Å². The molecule has 7 heteroatoms. The predicted molar refractivity (Wildman–Crippen MR) is 76.2 cm³/mol. The second kappa shape index (κ2) is 6.15. The highest BCUT2D eigenvalue weighted by molar-refractivity contribution is 6.32. The van der Waals surface area contributed by atoms with Gasteiger partial charge in [0.2, 0.25) is 0 Å². The lowest BCUT2D eigenvalue weighted by atomic mass is 10.2. The normalized spacial score (nSPS) is 9.95. The average Bonchev–Trinajstić information content (AvgIpc) is 2.48. The zero-order valence-electron chi connectivity index (χ0n) is 10.6. The minimum absolute atomic E-state index is 0.0347. The zero-order chi connectivity index (χ0) is 15.4. The Morgan fingerprint density at radius 3 is 1.95 bits per heavy atom. The molecule has 0 fully saturated rings. The van der Waals surface area contributed by atoms with Crippen LogP contribution in [0.15, 0.2) is 42.5 Å².